The third kappa shape index (κ3) is 3.07. The lowest BCUT2D eigenvalue weighted by Gasteiger charge is -2.24. The Bertz CT molecular complexity index is 450. The van der Waals surface area contributed by atoms with Gasteiger partial charge in [-0.1, -0.05) is 13.3 Å². The van der Waals surface area contributed by atoms with Crippen LogP contribution in [0.3, 0.4) is 0 Å². The highest BCUT2D eigenvalue weighted by atomic mass is 15.3. The van der Waals surface area contributed by atoms with Crippen LogP contribution >= 0.6 is 0 Å². The molecule has 0 spiro atoms. The molecule has 0 N–H and O–H groups in total. The Kier molecular flexibility index (Phi) is 4.86. The lowest BCUT2D eigenvalue weighted by atomic mass is 9.98. The third-order valence-electron chi connectivity index (χ3n) is 4.85. The zero-order chi connectivity index (χ0) is 14.9. The summed E-state index contributed by atoms with van der Waals surface area (Å²) in [6, 6.07) is 0.701. The van der Waals surface area contributed by atoms with Gasteiger partial charge in [0.2, 0.25) is 0 Å². The topological polar surface area (TPSA) is 24.3 Å². The molecule has 1 fully saturated rings. The highest BCUT2D eigenvalue weighted by Gasteiger charge is 2.33. The largest absolute Gasteiger partial charge is 0.305 e. The van der Waals surface area contributed by atoms with Crippen molar-refractivity contribution in [3.8, 4) is 0 Å². The van der Waals surface area contributed by atoms with Crippen LogP contribution in [0, 0.1) is 19.8 Å². The SMILES string of the molecule is CCC[C@@H]1CN(Cc2c(C)nn(C)c2C)C[C@H]1N(C)C. The summed E-state index contributed by atoms with van der Waals surface area (Å²) in [5.41, 5.74) is 3.91. The molecule has 1 aromatic rings. The number of likely N-dealkylation sites (tertiary alicyclic amines) is 1. The van der Waals surface area contributed by atoms with Crippen LogP contribution in [0.2, 0.25) is 0 Å². The van der Waals surface area contributed by atoms with E-state index in [4.69, 9.17) is 0 Å². The van der Waals surface area contributed by atoms with Gasteiger partial charge < -0.3 is 4.90 Å². The van der Waals surface area contributed by atoms with Gasteiger partial charge in [-0.05, 0) is 40.3 Å². The van der Waals surface area contributed by atoms with E-state index in [9.17, 15) is 0 Å². The Morgan fingerprint density at radius 1 is 1.25 bits per heavy atom. The Hall–Kier alpha value is -0.870. The Morgan fingerprint density at radius 3 is 2.45 bits per heavy atom. The molecule has 0 bridgehead atoms. The van der Waals surface area contributed by atoms with Crippen molar-refractivity contribution in [1.82, 2.24) is 19.6 Å². The van der Waals surface area contributed by atoms with Crippen molar-refractivity contribution in [2.75, 3.05) is 27.2 Å². The summed E-state index contributed by atoms with van der Waals surface area (Å²) in [7, 11) is 6.48. The van der Waals surface area contributed by atoms with Gasteiger partial charge in [0, 0.05) is 44.0 Å². The molecular weight excluding hydrogens is 248 g/mol. The summed E-state index contributed by atoms with van der Waals surface area (Å²) in [4.78, 5) is 5.02. The molecule has 1 saturated heterocycles. The maximum Gasteiger partial charge on any atom is 0.0641 e. The average molecular weight is 278 g/mol. The molecule has 2 atom stereocenters. The molecule has 114 valence electrons. The molecule has 0 aromatic carbocycles. The van der Waals surface area contributed by atoms with E-state index in [0.29, 0.717) is 6.04 Å². The van der Waals surface area contributed by atoms with Gasteiger partial charge in [-0.2, -0.15) is 5.10 Å². The van der Waals surface area contributed by atoms with E-state index < -0.39 is 0 Å². The first-order valence-electron chi connectivity index (χ1n) is 7.81. The smallest absolute Gasteiger partial charge is 0.0641 e. The first-order valence-corrected chi connectivity index (χ1v) is 7.81. The molecule has 2 rings (SSSR count). The van der Waals surface area contributed by atoms with E-state index in [1.54, 1.807) is 0 Å². The maximum atomic E-state index is 4.54. The van der Waals surface area contributed by atoms with Crippen molar-refractivity contribution >= 4 is 0 Å². The van der Waals surface area contributed by atoms with Gasteiger partial charge in [0.1, 0.15) is 0 Å². The van der Waals surface area contributed by atoms with E-state index in [2.05, 4.69) is 49.8 Å². The third-order valence-corrected chi connectivity index (χ3v) is 4.85. The first-order chi connectivity index (χ1) is 9.43. The number of hydrogen-bond donors (Lipinski definition) is 0. The van der Waals surface area contributed by atoms with Gasteiger partial charge in [0.15, 0.2) is 0 Å². The zero-order valence-electron chi connectivity index (χ0n) is 14.0. The lowest BCUT2D eigenvalue weighted by Crippen LogP contribution is -2.35. The van der Waals surface area contributed by atoms with Crippen molar-refractivity contribution in [3.05, 3.63) is 17.0 Å². The van der Waals surface area contributed by atoms with E-state index in [1.807, 2.05) is 11.7 Å². The fourth-order valence-electron chi connectivity index (χ4n) is 3.58. The highest BCUT2D eigenvalue weighted by Crippen LogP contribution is 2.27. The fraction of sp³-hybridized carbons (Fsp3) is 0.812. The molecule has 1 aromatic heterocycles. The molecule has 1 aliphatic heterocycles. The van der Waals surface area contributed by atoms with Gasteiger partial charge in [-0.25, -0.2) is 0 Å². The van der Waals surface area contributed by atoms with E-state index >= 15 is 0 Å². The summed E-state index contributed by atoms with van der Waals surface area (Å²) in [6.07, 6.45) is 2.62. The predicted molar refractivity (Wildman–Crippen MR) is 83.8 cm³/mol. The molecule has 4 nitrogen and oxygen atoms in total. The van der Waals surface area contributed by atoms with Gasteiger partial charge >= 0.3 is 0 Å². The number of nitrogens with zero attached hydrogens (tertiary/aromatic N) is 4. The summed E-state index contributed by atoms with van der Waals surface area (Å²) in [5.74, 6) is 0.812. The van der Waals surface area contributed by atoms with Crippen molar-refractivity contribution in [2.24, 2.45) is 13.0 Å². The second-order valence-corrected chi connectivity index (χ2v) is 6.55. The quantitative estimate of drug-likeness (QED) is 0.825. The number of hydrogen-bond acceptors (Lipinski definition) is 3. The normalized spacial score (nSPS) is 23.9. The molecule has 0 saturated carbocycles. The minimum atomic E-state index is 0.701. The summed E-state index contributed by atoms with van der Waals surface area (Å²) >= 11 is 0. The highest BCUT2D eigenvalue weighted by molar-refractivity contribution is 5.24. The summed E-state index contributed by atoms with van der Waals surface area (Å²) < 4.78 is 2.01. The van der Waals surface area contributed by atoms with Crippen molar-refractivity contribution in [1.29, 1.82) is 0 Å². The minimum absolute atomic E-state index is 0.701. The van der Waals surface area contributed by atoms with Gasteiger partial charge in [-0.15, -0.1) is 0 Å². The second-order valence-electron chi connectivity index (χ2n) is 6.55. The van der Waals surface area contributed by atoms with Crippen LogP contribution in [0.25, 0.3) is 0 Å². The fourth-order valence-corrected chi connectivity index (χ4v) is 3.58. The van der Waals surface area contributed by atoms with Crippen LogP contribution in [0.4, 0.5) is 0 Å². The van der Waals surface area contributed by atoms with Crippen molar-refractivity contribution < 1.29 is 0 Å². The summed E-state index contributed by atoms with van der Waals surface area (Å²) in [5, 5.41) is 4.54. The standard InChI is InChI=1S/C16H30N4/c1-7-8-14-9-20(11-16(14)18(4)5)10-15-12(2)17-19(6)13(15)3/h14,16H,7-11H2,1-6H3/t14-,16-/m1/s1. The molecule has 0 radical (unpaired) electrons. The van der Waals surface area contributed by atoms with E-state index in [1.165, 1.54) is 42.9 Å². The number of aryl methyl sites for hydroxylation is 2. The molecule has 0 amide bonds. The number of rotatable bonds is 5. The van der Waals surface area contributed by atoms with Crippen molar-refractivity contribution in [2.45, 2.75) is 46.2 Å². The Labute approximate surface area is 123 Å². The monoisotopic (exact) mass is 278 g/mol. The lowest BCUT2D eigenvalue weighted by molar-refractivity contribution is 0.238. The zero-order valence-corrected chi connectivity index (χ0v) is 14.0. The summed E-state index contributed by atoms with van der Waals surface area (Å²) in [6.45, 7) is 10.1. The molecular formula is C16H30N4. The molecule has 4 heteroatoms. The van der Waals surface area contributed by atoms with E-state index in [-0.39, 0.29) is 0 Å². The van der Waals surface area contributed by atoms with Crippen molar-refractivity contribution in [3.63, 3.8) is 0 Å². The molecule has 0 aliphatic carbocycles. The second kappa shape index (κ2) is 6.27. The van der Waals surface area contributed by atoms with Gasteiger partial charge in [0.05, 0.1) is 5.69 Å². The van der Waals surface area contributed by atoms with Crippen LogP contribution in [0.1, 0.15) is 36.7 Å². The van der Waals surface area contributed by atoms with Crippen LogP contribution < -0.4 is 0 Å². The van der Waals surface area contributed by atoms with E-state index in [0.717, 1.165) is 12.5 Å². The molecule has 1 aliphatic rings. The van der Waals surface area contributed by atoms with Crippen LogP contribution in [-0.2, 0) is 13.6 Å². The Morgan fingerprint density at radius 2 is 1.95 bits per heavy atom. The molecule has 0 unspecified atom stereocenters. The Balaban J connectivity index is 2.07. The minimum Gasteiger partial charge on any atom is -0.305 e. The number of aromatic nitrogens is 2. The predicted octanol–water partition coefficient (Wildman–Crippen LogP) is 2.20. The maximum absolute atomic E-state index is 4.54. The first kappa shape index (κ1) is 15.5. The van der Waals surface area contributed by atoms with Gasteiger partial charge in [-0.3, -0.25) is 9.58 Å². The van der Waals surface area contributed by atoms with Crippen LogP contribution in [-0.4, -0.2) is 52.8 Å². The number of likely N-dealkylation sites (N-methyl/N-ethyl adjacent to an activating group) is 1. The average Bonchev–Trinajstić information content (AvgIpc) is 2.87. The molecule has 2 heterocycles. The molecule has 20 heavy (non-hydrogen) atoms. The van der Waals surface area contributed by atoms with Crippen LogP contribution in [0.15, 0.2) is 0 Å². The van der Waals surface area contributed by atoms with Crippen LogP contribution in [0.5, 0.6) is 0 Å². The van der Waals surface area contributed by atoms with Gasteiger partial charge in [0.25, 0.3) is 0 Å².